The average molecular weight is 358 g/mol. The monoisotopic (exact) mass is 357 g/mol. The Morgan fingerprint density at radius 3 is 2.48 bits per heavy atom. The fourth-order valence-corrected chi connectivity index (χ4v) is 3.57. The van der Waals surface area contributed by atoms with Gasteiger partial charge in [0.25, 0.3) is 0 Å². The Labute approximate surface area is 154 Å². The summed E-state index contributed by atoms with van der Waals surface area (Å²) in [5.41, 5.74) is 18.8. The largest absolute Gasteiger partial charge is 0.369 e. The van der Waals surface area contributed by atoms with Crippen LogP contribution in [-0.4, -0.2) is 16.7 Å². The van der Waals surface area contributed by atoms with Crippen LogP contribution >= 0.6 is 12.4 Å². The van der Waals surface area contributed by atoms with Crippen LogP contribution in [0.15, 0.2) is 40.5 Å². The zero-order chi connectivity index (χ0) is 17.3. The highest BCUT2D eigenvalue weighted by Gasteiger charge is 2.28. The summed E-state index contributed by atoms with van der Waals surface area (Å²) in [6.07, 6.45) is 1.71. The van der Waals surface area contributed by atoms with Crippen LogP contribution in [0.25, 0.3) is 0 Å². The van der Waals surface area contributed by atoms with Crippen molar-refractivity contribution in [1.29, 1.82) is 0 Å². The van der Waals surface area contributed by atoms with Crippen LogP contribution in [-0.2, 0) is 6.42 Å². The molecular weight excluding hydrogens is 334 g/mol. The number of aromatic nitrogens is 1. The molecule has 0 spiro atoms. The summed E-state index contributed by atoms with van der Waals surface area (Å²) in [6, 6.07) is 10.6. The molecule has 1 heterocycles. The van der Waals surface area contributed by atoms with E-state index < -0.39 is 0 Å². The van der Waals surface area contributed by atoms with E-state index in [4.69, 9.17) is 16.5 Å². The molecule has 0 aliphatic heterocycles. The number of guanidine groups is 1. The topological polar surface area (TPSA) is 89.6 Å². The lowest BCUT2D eigenvalue weighted by molar-refractivity contribution is 0.671. The number of hydrogen-bond acceptors (Lipinski definition) is 3. The molecule has 1 aliphatic carbocycles. The number of rotatable bonds is 2. The first kappa shape index (κ1) is 18.9. The molecule has 0 fully saturated rings. The van der Waals surface area contributed by atoms with Gasteiger partial charge in [0, 0.05) is 11.3 Å². The Bertz CT molecular complexity index is 838. The Kier molecular flexibility index (Phi) is 5.80. The van der Waals surface area contributed by atoms with E-state index in [9.17, 15) is 0 Å². The predicted molar refractivity (Wildman–Crippen MR) is 106 cm³/mol. The first-order chi connectivity index (χ1) is 11.5. The lowest BCUT2D eigenvalue weighted by Gasteiger charge is -2.27. The van der Waals surface area contributed by atoms with E-state index in [1.807, 2.05) is 6.92 Å². The molecule has 2 aromatic rings. The lowest BCUT2D eigenvalue weighted by atomic mass is 9.78. The van der Waals surface area contributed by atoms with Crippen molar-refractivity contribution in [1.82, 2.24) is 4.98 Å². The smallest absolute Gasteiger partial charge is 0.211 e. The first-order valence-electron chi connectivity index (χ1n) is 8.14. The minimum absolute atomic E-state index is 0. The number of benzene rings is 1. The molecule has 0 saturated carbocycles. The van der Waals surface area contributed by atoms with E-state index in [0.717, 1.165) is 35.5 Å². The molecule has 0 radical (unpaired) electrons. The highest BCUT2D eigenvalue weighted by Crippen LogP contribution is 2.35. The molecule has 25 heavy (non-hydrogen) atoms. The Hall–Kier alpha value is -2.40. The van der Waals surface area contributed by atoms with Gasteiger partial charge in [0.15, 0.2) is 0 Å². The van der Waals surface area contributed by atoms with Crippen LogP contribution in [0.4, 0.5) is 0 Å². The van der Waals surface area contributed by atoms with Crippen molar-refractivity contribution in [3.8, 4) is 0 Å². The molecule has 1 atom stereocenters. The van der Waals surface area contributed by atoms with E-state index in [1.54, 1.807) is 0 Å². The quantitative estimate of drug-likeness (QED) is 0.491. The second-order valence-corrected chi connectivity index (χ2v) is 6.44. The van der Waals surface area contributed by atoms with Gasteiger partial charge in [-0.3, -0.25) is 4.98 Å². The highest BCUT2D eigenvalue weighted by atomic mass is 35.5. The molecule has 1 aromatic carbocycles. The van der Waals surface area contributed by atoms with Crippen LogP contribution in [0.5, 0.6) is 0 Å². The van der Waals surface area contributed by atoms with Crippen LogP contribution in [0, 0.1) is 20.8 Å². The third-order valence-corrected chi connectivity index (χ3v) is 4.50. The van der Waals surface area contributed by atoms with Gasteiger partial charge in [0.05, 0.1) is 11.4 Å². The molecule has 0 bridgehead atoms. The van der Waals surface area contributed by atoms with Crippen LogP contribution in [0.3, 0.4) is 0 Å². The molecule has 5 nitrogen and oxygen atoms in total. The van der Waals surface area contributed by atoms with Crippen molar-refractivity contribution >= 4 is 24.1 Å². The number of halogens is 1. The summed E-state index contributed by atoms with van der Waals surface area (Å²) in [5, 5.41) is 8.23. The van der Waals surface area contributed by atoms with Crippen molar-refractivity contribution in [2.75, 3.05) is 0 Å². The van der Waals surface area contributed by atoms with Crippen molar-refractivity contribution in [3.63, 3.8) is 0 Å². The first-order valence-corrected chi connectivity index (χ1v) is 8.14. The molecule has 1 aromatic heterocycles. The number of hydrogen-bond donors (Lipinski definition) is 2. The van der Waals surface area contributed by atoms with E-state index in [1.165, 1.54) is 16.7 Å². The number of aryl methyl sites for hydroxylation is 3. The standard InChI is InChI=1S/C19H23N5.ClH/c1-11-6-4-5-7-15(11)14-9-16-18(12(2)8-13(3)22-16)17(10-14)23-24-19(20)21;/h4-8,14H,9-10H2,1-3H3,(H4,20,21,24);1H/b23-17-;. The molecule has 1 aliphatic rings. The minimum Gasteiger partial charge on any atom is -0.369 e. The zero-order valence-corrected chi connectivity index (χ0v) is 15.6. The van der Waals surface area contributed by atoms with Gasteiger partial charge in [-0.15, -0.1) is 17.5 Å². The van der Waals surface area contributed by atoms with E-state index >= 15 is 0 Å². The maximum atomic E-state index is 5.47. The van der Waals surface area contributed by atoms with Crippen LogP contribution in [0.1, 0.15) is 46.0 Å². The summed E-state index contributed by atoms with van der Waals surface area (Å²) < 4.78 is 0. The Morgan fingerprint density at radius 2 is 1.80 bits per heavy atom. The average Bonchev–Trinajstić information content (AvgIpc) is 2.52. The molecule has 3 rings (SSSR count). The highest BCUT2D eigenvalue weighted by molar-refractivity contribution is 6.04. The normalized spacial score (nSPS) is 17.6. The fraction of sp³-hybridized carbons (Fsp3) is 0.316. The maximum Gasteiger partial charge on any atom is 0.211 e. The molecular formula is C19H24ClN5. The zero-order valence-electron chi connectivity index (χ0n) is 14.8. The third kappa shape index (κ3) is 3.99. The van der Waals surface area contributed by atoms with Crippen LogP contribution < -0.4 is 11.5 Å². The number of pyridine rings is 1. The summed E-state index contributed by atoms with van der Waals surface area (Å²) in [7, 11) is 0. The summed E-state index contributed by atoms with van der Waals surface area (Å²) in [4.78, 5) is 4.77. The van der Waals surface area contributed by atoms with Crippen molar-refractivity contribution in [3.05, 3.63) is 64.0 Å². The summed E-state index contributed by atoms with van der Waals surface area (Å²) >= 11 is 0. The van der Waals surface area contributed by atoms with Crippen molar-refractivity contribution < 1.29 is 0 Å². The van der Waals surface area contributed by atoms with Gasteiger partial charge in [-0.2, -0.15) is 5.10 Å². The maximum absolute atomic E-state index is 5.47. The van der Waals surface area contributed by atoms with Crippen molar-refractivity contribution in [2.24, 2.45) is 21.7 Å². The number of nitrogens with zero attached hydrogens (tertiary/aromatic N) is 3. The van der Waals surface area contributed by atoms with Gasteiger partial charge < -0.3 is 11.5 Å². The molecule has 0 saturated heterocycles. The summed E-state index contributed by atoms with van der Waals surface area (Å²) in [6.45, 7) is 6.26. The SMILES string of the molecule is Cc1cc(C)c2c(n1)CC(c1ccccc1C)C/C2=N/N=C(N)N.Cl. The van der Waals surface area contributed by atoms with Gasteiger partial charge >= 0.3 is 0 Å². The molecule has 6 heteroatoms. The van der Waals surface area contributed by atoms with Gasteiger partial charge in [-0.25, -0.2) is 0 Å². The molecule has 1 unspecified atom stereocenters. The minimum atomic E-state index is -0.0280. The second kappa shape index (κ2) is 7.66. The predicted octanol–water partition coefficient (Wildman–Crippen LogP) is 3.14. The van der Waals surface area contributed by atoms with E-state index in [0.29, 0.717) is 5.92 Å². The van der Waals surface area contributed by atoms with Gasteiger partial charge in [0.2, 0.25) is 5.96 Å². The van der Waals surface area contributed by atoms with Gasteiger partial charge in [-0.1, -0.05) is 24.3 Å². The third-order valence-electron chi connectivity index (χ3n) is 4.50. The van der Waals surface area contributed by atoms with E-state index in [2.05, 4.69) is 54.4 Å². The fourth-order valence-electron chi connectivity index (χ4n) is 3.57. The lowest BCUT2D eigenvalue weighted by Crippen LogP contribution is -2.24. The number of nitrogens with two attached hydrogens (primary N) is 2. The second-order valence-electron chi connectivity index (χ2n) is 6.44. The number of fused-ring (bicyclic) bond motifs is 1. The Balaban J connectivity index is 0.00000225. The van der Waals surface area contributed by atoms with Crippen molar-refractivity contribution in [2.45, 2.75) is 39.5 Å². The molecule has 132 valence electrons. The summed E-state index contributed by atoms with van der Waals surface area (Å²) in [5.74, 6) is 0.306. The van der Waals surface area contributed by atoms with Gasteiger partial charge in [0.1, 0.15) is 0 Å². The molecule has 4 N–H and O–H groups in total. The molecule has 0 amide bonds. The van der Waals surface area contributed by atoms with Gasteiger partial charge in [-0.05, 0) is 62.3 Å². The Morgan fingerprint density at radius 1 is 1.08 bits per heavy atom. The van der Waals surface area contributed by atoms with E-state index in [-0.39, 0.29) is 18.4 Å². The van der Waals surface area contributed by atoms with Crippen LogP contribution in [0.2, 0.25) is 0 Å².